The molecule has 1 saturated carbocycles. The highest BCUT2D eigenvalue weighted by Gasteiger charge is 2.41. The highest BCUT2D eigenvalue weighted by atomic mass is 16.5. The lowest BCUT2D eigenvalue weighted by atomic mass is 10.2. The SMILES string of the molecule is COC(=O)CCCN(C)C(=O)C1CC1N. The normalized spacial score (nSPS) is 23.4. The van der Waals surface area contributed by atoms with E-state index in [1.54, 1.807) is 11.9 Å². The van der Waals surface area contributed by atoms with Gasteiger partial charge in [0.25, 0.3) is 0 Å². The Morgan fingerprint density at radius 2 is 2.13 bits per heavy atom. The second-order valence-corrected chi connectivity index (χ2v) is 3.95. The summed E-state index contributed by atoms with van der Waals surface area (Å²) in [5, 5.41) is 0. The van der Waals surface area contributed by atoms with Crippen molar-refractivity contribution >= 4 is 11.9 Å². The topological polar surface area (TPSA) is 72.6 Å². The van der Waals surface area contributed by atoms with Gasteiger partial charge in [0, 0.05) is 26.1 Å². The Balaban J connectivity index is 2.15. The van der Waals surface area contributed by atoms with Gasteiger partial charge in [0.1, 0.15) is 0 Å². The number of ether oxygens (including phenoxy) is 1. The minimum Gasteiger partial charge on any atom is -0.469 e. The molecule has 0 spiro atoms. The maximum Gasteiger partial charge on any atom is 0.305 e. The van der Waals surface area contributed by atoms with Crippen molar-refractivity contribution in [1.82, 2.24) is 4.90 Å². The van der Waals surface area contributed by atoms with E-state index in [4.69, 9.17) is 5.73 Å². The van der Waals surface area contributed by atoms with Gasteiger partial charge in [-0.25, -0.2) is 0 Å². The number of amides is 1. The number of esters is 1. The Kier molecular flexibility index (Phi) is 4.08. The third-order valence-corrected chi connectivity index (χ3v) is 2.64. The molecule has 0 heterocycles. The Morgan fingerprint density at radius 1 is 1.53 bits per heavy atom. The molecule has 0 aliphatic heterocycles. The van der Waals surface area contributed by atoms with Crippen LogP contribution in [0.2, 0.25) is 0 Å². The first-order chi connectivity index (χ1) is 7.06. The quantitative estimate of drug-likeness (QED) is 0.640. The number of nitrogens with two attached hydrogens (primary N) is 1. The van der Waals surface area contributed by atoms with Crippen molar-refractivity contribution in [2.24, 2.45) is 11.7 Å². The zero-order valence-electron chi connectivity index (χ0n) is 9.23. The lowest BCUT2D eigenvalue weighted by molar-refractivity contribution is -0.141. The Labute approximate surface area is 89.6 Å². The van der Waals surface area contributed by atoms with Gasteiger partial charge < -0.3 is 15.4 Å². The molecule has 0 saturated heterocycles. The lowest BCUT2D eigenvalue weighted by Gasteiger charge is -2.16. The number of nitrogens with zero attached hydrogens (tertiary/aromatic N) is 1. The first-order valence-electron chi connectivity index (χ1n) is 5.13. The molecule has 1 aliphatic rings. The smallest absolute Gasteiger partial charge is 0.305 e. The summed E-state index contributed by atoms with van der Waals surface area (Å²) in [5.41, 5.74) is 5.58. The van der Waals surface area contributed by atoms with E-state index in [1.807, 2.05) is 0 Å². The van der Waals surface area contributed by atoms with Crippen LogP contribution in [0.15, 0.2) is 0 Å². The zero-order valence-corrected chi connectivity index (χ0v) is 9.23. The second-order valence-electron chi connectivity index (χ2n) is 3.95. The molecular formula is C10H18N2O3. The molecule has 5 heteroatoms. The predicted octanol–water partition coefficient (Wildman–Crippen LogP) is -0.255. The van der Waals surface area contributed by atoms with Gasteiger partial charge in [-0.15, -0.1) is 0 Å². The molecule has 1 rings (SSSR count). The molecule has 86 valence electrons. The molecular weight excluding hydrogens is 196 g/mol. The van der Waals surface area contributed by atoms with E-state index in [-0.39, 0.29) is 23.8 Å². The lowest BCUT2D eigenvalue weighted by Crippen LogP contribution is -2.31. The average Bonchev–Trinajstić information content (AvgIpc) is 2.93. The van der Waals surface area contributed by atoms with E-state index in [9.17, 15) is 9.59 Å². The summed E-state index contributed by atoms with van der Waals surface area (Å²) in [6.45, 7) is 0.581. The van der Waals surface area contributed by atoms with Crippen molar-refractivity contribution in [2.45, 2.75) is 25.3 Å². The molecule has 0 bridgehead atoms. The fourth-order valence-electron chi connectivity index (χ4n) is 1.45. The summed E-state index contributed by atoms with van der Waals surface area (Å²) in [6, 6.07) is 0.0422. The van der Waals surface area contributed by atoms with Crippen LogP contribution in [0.5, 0.6) is 0 Å². The first kappa shape index (κ1) is 12.0. The summed E-state index contributed by atoms with van der Waals surface area (Å²) >= 11 is 0. The average molecular weight is 214 g/mol. The Hall–Kier alpha value is -1.10. The predicted molar refractivity (Wildman–Crippen MR) is 55.0 cm³/mol. The number of hydrogen-bond acceptors (Lipinski definition) is 4. The van der Waals surface area contributed by atoms with Crippen molar-refractivity contribution in [3.05, 3.63) is 0 Å². The van der Waals surface area contributed by atoms with Gasteiger partial charge in [-0.1, -0.05) is 0 Å². The van der Waals surface area contributed by atoms with Gasteiger partial charge >= 0.3 is 5.97 Å². The Bertz CT molecular complexity index is 255. The van der Waals surface area contributed by atoms with Crippen molar-refractivity contribution in [2.75, 3.05) is 20.7 Å². The molecule has 0 aromatic heterocycles. The largest absolute Gasteiger partial charge is 0.469 e. The highest BCUT2D eigenvalue weighted by Crippen LogP contribution is 2.29. The number of methoxy groups -OCH3 is 1. The molecule has 5 nitrogen and oxygen atoms in total. The third kappa shape index (κ3) is 3.51. The van der Waals surface area contributed by atoms with Crippen LogP contribution in [0.1, 0.15) is 19.3 Å². The van der Waals surface area contributed by atoms with Crippen LogP contribution in [0.3, 0.4) is 0 Å². The molecule has 0 radical (unpaired) electrons. The van der Waals surface area contributed by atoms with Crippen LogP contribution in [0.4, 0.5) is 0 Å². The van der Waals surface area contributed by atoms with Crippen molar-refractivity contribution in [3.63, 3.8) is 0 Å². The van der Waals surface area contributed by atoms with Gasteiger partial charge in [-0.2, -0.15) is 0 Å². The van der Waals surface area contributed by atoms with E-state index in [0.717, 1.165) is 6.42 Å². The number of carbonyl (C=O) groups is 2. The van der Waals surface area contributed by atoms with Gasteiger partial charge in [0.05, 0.1) is 13.0 Å². The highest BCUT2D eigenvalue weighted by molar-refractivity contribution is 5.82. The van der Waals surface area contributed by atoms with Crippen molar-refractivity contribution < 1.29 is 14.3 Å². The maximum absolute atomic E-state index is 11.6. The van der Waals surface area contributed by atoms with Crippen LogP contribution in [-0.4, -0.2) is 43.5 Å². The van der Waals surface area contributed by atoms with Crippen LogP contribution in [-0.2, 0) is 14.3 Å². The fraction of sp³-hybridized carbons (Fsp3) is 0.800. The van der Waals surface area contributed by atoms with Crippen LogP contribution in [0, 0.1) is 5.92 Å². The minimum absolute atomic E-state index is 0.00752. The van der Waals surface area contributed by atoms with Crippen LogP contribution >= 0.6 is 0 Å². The van der Waals surface area contributed by atoms with E-state index in [1.165, 1.54) is 7.11 Å². The molecule has 2 unspecified atom stereocenters. The molecule has 2 atom stereocenters. The summed E-state index contributed by atoms with van der Waals surface area (Å²) in [4.78, 5) is 24.0. The monoisotopic (exact) mass is 214 g/mol. The van der Waals surface area contributed by atoms with Gasteiger partial charge in [-0.3, -0.25) is 9.59 Å². The molecule has 0 aromatic carbocycles. The van der Waals surface area contributed by atoms with Gasteiger partial charge in [0.2, 0.25) is 5.91 Å². The summed E-state index contributed by atoms with van der Waals surface area (Å²) in [7, 11) is 3.10. The summed E-state index contributed by atoms with van der Waals surface area (Å²) in [5.74, 6) is -0.139. The molecule has 1 amide bonds. The van der Waals surface area contributed by atoms with Crippen molar-refractivity contribution in [1.29, 1.82) is 0 Å². The minimum atomic E-state index is -0.237. The molecule has 15 heavy (non-hydrogen) atoms. The van der Waals surface area contributed by atoms with E-state index in [2.05, 4.69) is 4.74 Å². The van der Waals surface area contributed by atoms with Gasteiger partial charge in [0.15, 0.2) is 0 Å². The molecule has 1 aliphatic carbocycles. The molecule has 0 aromatic rings. The summed E-state index contributed by atoms with van der Waals surface area (Å²) in [6.07, 6.45) is 1.78. The van der Waals surface area contributed by atoms with Crippen molar-refractivity contribution in [3.8, 4) is 0 Å². The van der Waals surface area contributed by atoms with E-state index >= 15 is 0 Å². The maximum atomic E-state index is 11.6. The number of carbonyl (C=O) groups excluding carboxylic acids is 2. The second kappa shape index (κ2) is 5.11. The number of rotatable bonds is 5. The molecule has 2 N–H and O–H groups in total. The number of hydrogen-bond donors (Lipinski definition) is 1. The van der Waals surface area contributed by atoms with Crippen LogP contribution < -0.4 is 5.73 Å². The first-order valence-corrected chi connectivity index (χ1v) is 5.13. The van der Waals surface area contributed by atoms with Crippen LogP contribution in [0.25, 0.3) is 0 Å². The third-order valence-electron chi connectivity index (χ3n) is 2.64. The van der Waals surface area contributed by atoms with E-state index < -0.39 is 0 Å². The summed E-state index contributed by atoms with van der Waals surface area (Å²) < 4.78 is 4.51. The van der Waals surface area contributed by atoms with E-state index in [0.29, 0.717) is 19.4 Å². The standard InChI is InChI=1S/C10H18N2O3/c1-12(5-3-4-9(13)15-2)10(14)7-6-8(7)11/h7-8H,3-6,11H2,1-2H3. The van der Waals surface area contributed by atoms with Gasteiger partial charge in [-0.05, 0) is 12.8 Å². The molecule has 1 fully saturated rings. The zero-order chi connectivity index (χ0) is 11.4. The fourth-order valence-corrected chi connectivity index (χ4v) is 1.45. The Morgan fingerprint density at radius 3 is 2.60 bits per heavy atom.